The van der Waals surface area contributed by atoms with Gasteiger partial charge in [0.25, 0.3) is 0 Å². The molecular formula is C21H18FN3O2. The number of rotatable bonds is 5. The number of anilines is 2. The Morgan fingerprint density at radius 3 is 2.52 bits per heavy atom. The molecule has 1 amide bonds. The van der Waals surface area contributed by atoms with E-state index in [1.54, 1.807) is 36.4 Å². The third-order valence-corrected chi connectivity index (χ3v) is 4.33. The molecule has 0 saturated heterocycles. The minimum Gasteiger partial charge on any atom is -0.357 e. The molecule has 3 rings (SSSR count). The first-order valence-corrected chi connectivity index (χ1v) is 8.57. The largest absolute Gasteiger partial charge is 0.357 e. The molecule has 0 aromatic heterocycles. The van der Waals surface area contributed by atoms with Gasteiger partial charge >= 0.3 is 0 Å². The number of ketones is 1. The van der Waals surface area contributed by atoms with Gasteiger partial charge in [0.15, 0.2) is 5.78 Å². The van der Waals surface area contributed by atoms with Crippen molar-refractivity contribution in [1.82, 2.24) is 0 Å². The molecule has 136 valence electrons. The summed E-state index contributed by atoms with van der Waals surface area (Å²) < 4.78 is 13.2. The smallest absolute Gasteiger partial charge is 0.238 e. The Morgan fingerprint density at radius 2 is 1.81 bits per heavy atom. The molecule has 2 aromatic carbocycles. The van der Waals surface area contributed by atoms with E-state index in [0.717, 1.165) is 11.3 Å². The second-order valence-corrected chi connectivity index (χ2v) is 6.35. The van der Waals surface area contributed by atoms with Crippen molar-refractivity contribution < 1.29 is 14.0 Å². The lowest BCUT2D eigenvalue weighted by Crippen LogP contribution is -2.18. The minimum atomic E-state index is -0.398. The molecule has 0 radical (unpaired) electrons. The first-order valence-electron chi connectivity index (χ1n) is 8.57. The standard InChI is InChI=1S/C21H18FN3O2/c22-16-7-5-14(6-8-16)15-11-17(13-18(26)12-15)24-19-3-1-2-4-20(19)25-21(27)9-10-23/h1-8,13,15,24H,9,11-12H2,(H,25,27). The first kappa shape index (κ1) is 18.3. The van der Waals surface area contributed by atoms with Gasteiger partial charge in [0.1, 0.15) is 12.2 Å². The fourth-order valence-corrected chi connectivity index (χ4v) is 3.09. The Kier molecular flexibility index (Phi) is 5.62. The van der Waals surface area contributed by atoms with Gasteiger partial charge < -0.3 is 10.6 Å². The minimum absolute atomic E-state index is 0.0101. The van der Waals surface area contributed by atoms with Crippen LogP contribution in [0.2, 0.25) is 0 Å². The molecule has 0 saturated carbocycles. The fourth-order valence-electron chi connectivity index (χ4n) is 3.09. The Hall–Kier alpha value is -3.46. The van der Waals surface area contributed by atoms with Crippen LogP contribution in [0.1, 0.15) is 30.7 Å². The maximum Gasteiger partial charge on any atom is 0.238 e. The van der Waals surface area contributed by atoms with Crippen molar-refractivity contribution in [2.24, 2.45) is 0 Å². The Balaban J connectivity index is 1.77. The highest BCUT2D eigenvalue weighted by molar-refractivity contribution is 5.96. The van der Waals surface area contributed by atoms with Gasteiger partial charge in [-0.3, -0.25) is 9.59 Å². The summed E-state index contributed by atoms with van der Waals surface area (Å²) in [5.74, 6) is -0.753. The van der Waals surface area contributed by atoms with Gasteiger partial charge in [0.2, 0.25) is 5.91 Å². The molecule has 0 heterocycles. The lowest BCUT2D eigenvalue weighted by Gasteiger charge is -2.24. The topological polar surface area (TPSA) is 82.0 Å². The zero-order valence-corrected chi connectivity index (χ0v) is 14.5. The van der Waals surface area contributed by atoms with Crippen LogP contribution in [0.15, 0.2) is 60.3 Å². The molecule has 1 aliphatic carbocycles. The Labute approximate surface area is 156 Å². The molecule has 5 nitrogen and oxygen atoms in total. The van der Waals surface area contributed by atoms with Crippen molar-refractivity contribution in [3.8, 4) is 6.07 Å². The average Bonchev–Trinajstić information content (AvgIpc) is 2.64. The number of halogens is 1. The van der Waals surface area contributed by atoms with E-state index in [2.05, 4.69) is 10.6 Å². The van der Waals surface area contributed by atoms with Crippen molar-refractivity contribution in [2.45, 2.75) is 25.2 Å². The maximum absolute atomic E-state index is 13.2. The van der Waals surface area contributed by atoms with E-state index in [-0.39, 0.29) is 23.9 Å². The molecule has 1 atom stereocenters. The van der Waals surface area contributed by atoms with Gasteiger partial charge in [0.05, 0.1) is 17.4 Å². The third kappa shape index (κ3) is 4.79. The average molecular weight is 363 g/mol. The number of carbonyl (C=O) groups is 2. The van der Waals surface area contributed by atoms with Gasteiger partial charge in [-0.25, -0.2) is 4.39 Å². The normalized spacial score (nSPS) is 16.2. The summed E-state index contributed by atoms with van der Waals surface area (Å²) in [6.45, 7) is 0. The molecule has 27 heavy (non-hydrogen) atoms. The number of amides is 1. The predicted molar refractivity (Wildman–Crippen MR) is 100 cm³/mol. The number of allylic oxidation sites excluding steroid dienone is 2. The highest BCUT2D eigenvalue weighted by atomic mass is 19.1. The molecular weight excluding hydrogens is 345 g/mol. The number of hydrogen-bond acceptors (Lipinski definition) is 4. The number of nitrogens with zero attached hydrogens (tertiary/aromatic N) is 1. The van der Waals surface area contributed by atoms with Gasteiger partial charge in [0, 0.05) is 18.2 Å². The summed E-state index contributed by atoms with van der Waals surface area (Å²) in [6, 6.07) is 15.1. The van der Waals surface area contributed by atoms with Crippen molar-refractivity contribution in [3.63, 3.8) is 0 Å². The van der Waals surface area contributed by atoms with Gasteiger partial charge in [-0.2, -0.15) is 5.26 Å². The van der Waals surface area contributed by atoms with E-state index >= 15 is 0 Å². The van der Waals surface area contributed by atoms with Crippen LogP contribution >= 0.6 is 0 Å². The number of carbonyl (C=O) groups excluding carboxylic acids is 2. The number of benzene rings is 2. The number of hydrogen-bond donors (Lipinski definition) is 2. The highest BCUT2D eigenvalue weighted by Gasteiger charge is 2.23. The van der Waals surface area contributed by atoms with E-state index in [1.165, 1.54) is 12.1 Å². The van der Waals surface area contributed by atoms with E-state index < -0.39 is 5.91 Å². The van der Waals surface area contributed by atoms with Crippen LogP contribution < -0.4 is 10.6 Å². The molecule has 2 aromatic rings. The molecule has 0 aliphatic heterocycles. The highest BCUT2D eigenvalue weighted by Crippen LogP contribution is 2.33. The van der Waals surface area contributed by atoms with Crippen LogP contribution in [0.4, 0.5) is 15.8 Å². The number of para-hydroxylation sites is 2. The zero-order chi connectivity index (χ0) is 19.2. The number of nitrogens with one attached hydrogen (secondary N) is 2. The zero-order valence-electron chi connectivity index (χ0n) is 14.5. The van der Waals surface area contributed by atoms with Crippen LogP contribution in [0, 0.1) is 17.1 Å². The molecule has 6 heteroatoms. The summed E-state index contributed by atoms with van der Waals surface area (Å²) in [5.41, 5.74) is 2.81. The number of nitriles is 1. The second kappa shape index (κ2) is 8.28. The molecule has 0 spiro atoms. The van der Waals surface area contributed by atoms with Crippen molar-refractivity contribution in [2.75, 3.05) is 10.6 Å². The molecule has 2 N–H and O–H groups in total. The Morgan fingerprint density at radius 1 is 1.11 bits per heavy atom. The second-order valence-electron chi connectivity index (χ2n) is 6.35. The van der Waals surface area contributed by atoms with E-state index in [9.17, 15) is 14.0 Å². The SMILES string of the molecule is N#CCC(=O)Nc1ccccc1NC1=CC(=O)CC(c2ccc(F)cc2)C1. The lowest BCUT2D eigenvalue weighted by molar-refractivity contribution is -0.116. The molecule has 1 unspecified atom stereocenters. The summed E-state index contributed by atoms with van der Waals surface area (Å²) in [5, 5.41) is 14.5. The van der Waals surface area contributed by atoms with Crippen molar-refractivity contribution in [3.05, 3.63) is 71.7 Å². The quantitative estimate of drug-likeness (QED) is 0.837. The van der Waals surface area contributed by atoms with Crippen LogP contribution in [0.25, 0.3) is 0 Å². The Bertz CT molecular complexity index is 929. The third-order valence-electron chi connectivity index (χ3n) is 4.33. The van der Waals surface area contributed by atoms with Gasteiger partial charge in [-0.05, 0) is 42.2 Å². The predicted octanol–water partition coefficient (Wildman–Crippen LogP) is 4.12. The van der Waals surface area contributed by atoms with E-state index in [0.29, 0.717) is 24.2 Å². The molecule has 0 bridgehead atoms. The van der Waals surface area contributed by atoms with Gasteiger partial charge in [-0.1, -0.05) is 24.3 Å². The van der Waals surface area contributed by atoms with Crippen LogP contribution in [0.3, 0.4) is 0 Å². The summed E-state index contributed by atoms with van der Waals surface area (Å²) in [6.07, 6.45) is 2.30. The van der Waals surface area contributed by atoms with E-state index in [4.69, 9.17) is 5.26 Å². The molecule has 0 fully saturated rings. The molecule has 1 aliphatic rings. The van der Waals surface area contributed by atoms with Crippen LogP contribution in [-0.2, 0) is 9.59 Å². The van der Waals surface area contributed by atoms with Crippen molar-refractivity contribution in [1.29, 1.82) is 5.26 Å². The maximum atomic E-state index is 13.2. The van der Waals surface area contributed by atoms with Crippen molar-refractivity contribution >= 4 is 23.1 Å². The summed E-state index contributed by atoms with van der Waals surface area (Å²) in [4.78, 5) is 23.9. The summed E-state index contributed by atoms with van der Waals surface area (Å²) >= 11 is 0. The van der Waals surface area contributed by atoms with Gasteiger partial charge in [-0.15, -0.1) is 0 Å². The lowest BCUT2D eigenvalue weighted by atomic mass is 9.85. The fraction of sp³-hybridized carbons (Fsp3) is 0.190. The van der Waals surface area contributed by atoms with Crippen LogP contribution in [-0.4, -0.2) is 11.7 Å². The van der Waals surface area contributed by atoms with E-state index in [1.807, 2.05) is 12.1 Å². The summed E-state index contributed by atoms with van der Waals surface area (Å²) in [7, 11) is 0. The first-order chi connectivity index (χ1) is 13.0. The monoisotopic (exact) mass is 363 g/mol. The van der Waals surface area contributed by atoms with Crippen LogP contribution in [0.5, 0.6) is 0 Å².